The molecule has 0 radical (unpaired) electrons. The highest BCUT2D eigenvalue weighted by Crippen LogP contribution is 2.52. The molecule has 2 fully saturated rings. The van der Waals surface area contributed by atoms with E-state index in [9.17, 15) is 5.11 Å². The van der Waals surface area contributed by atoms with Gasteiger partial charge in [-0.15, -0.1) is 0 Å². The third-order valence-corrected chi connectivity index (χ3v) is 6.02. The van der Waals surface area contributed by atoms with Crippen LogP contribution in [-0.4, -0.2) is 41.8 Å². The van der Waals surface area contributed by atoms with Crippen molar-refractivity contribution in [1.29, 1.82) is 0 Å². The zero-order valence-corrected chi connectivity index (χ0v) is 12.8. The fourth-order valence-corrected chi connectivity index (χ4v) is 4.41. The van der Waals surface area contributed by atoms with Gasteiger partial charge in [0.25, 0.3) is 0 Å². The second kappa shape index (κ2) is 6.11. The highest BCUT2D eigenvalue weighted by atomic mass is 16.3. The van der Waals surface area contributed by atoms with Crippen molar-refractivity contribution >= 4 is 0 Å². The van der Waals surface area contributed by atoms with E-state index in [2.05, 4.69) is 18.7 Å². The molecule has 3 unspecified atom stereocenters. The molecule has 1 aliphatic heterocycles. The molecule has 2 rings (SSSR count). The van der Waals surface area contributed by atoms with E-state index in [1.165, 1.54) is 12.8 Å². The summed E-state index contributed by atoms with van der Waals surface area (Å²) in [5.41, 5.74) is 5.63. The lowest BCUT2D eigenvalue weighted by atomic mass is 9.66. The van der Waals surface area contributed by atoms with Gasteiger partial charge in [0.05, 0.1) is 5.60 Å². The van der Waals surface area contributed by atoms with E-state index in [1.54, 1.807) is 0 Å². The minimum atomic E-state index is -0.518. The zero-order chi connectivity index (χ0) is 13.9. The molecule has 3 heteroatoms. The first-order valence-corrected chi connectivity index (χ1v) is 8.24. The highest BCUT2D eigenvalue weighted by Gasteiger charge is 2.52. The monoisotopic (exact) mass is 268 g/mol. The summed E-state index contributed by atoms with van der Waals surface area (Å²) in [5, 5.41) is 11.3. The molecule has 1 heterocycles. The maximum atomic E-state index is 11.3. The third kappa shape index (κ3) is 2.84. The maximum Gasteiger partial charge on any atom is 0.0728 e. The molecule has 112 valence electrons. The Morgan fingerprint density at radius 2 is 2.00 bits per heavy atom. The first-order valence-electron chi connectivity index (χ1n) is 8.24. The van der Waals surface area contributed by atoms with E-state index in [0.717, 1.165) is 57.7 Å². The van der Waals surface area contributed by atoms with Crippen LogP contribution in [0.1, 0.15) is 58.8 Å². The number of hydrogen-bond acceptors (Lipinski definition) is 3. The van der Waals surface area contributed by atoms with Gasteiger partial charge in [0, 0.05) is 18.5 Å². The first kappa shape index (κ1) is 15.3. The van der Waals surface area contributed by atoms with Gasteiger partial charge in [-0.1, -0.05) is 20.3 Å². The van der Waals surface area contributed by atoms with Crippen molar-refractivity contribution in [2.45, 2.75) is 64.4 Å². The van der Waals surface area contributed by atoms with Gasteiger partial charge in [0.15, 0.2) is 0 Å². The fourth-order valence-electron chi connectivity index (χ4n) is 4.41. The molecule has 2 aliphatic rings. The highest BCUT2D eigenvalue weighted by molar-refractivity contribution is 5.05. The van der Waals surface area contributed by atoms with Crippen LogP contribution in [0.15, 0.2) is 0 Å². The summed E-state index contributed by atoms with van der Waals surface area (Å²) in [6.07, 6.45) is 7.73. The molecule has 3 nitrogen and oxygen atoms in total. The second-order valence-electron chi connectivity index (χ2n) is 6.82. The summed E-state index contributed by atoms with van der Waals surface area (Å²) in [6, 6.07) is 0. The molecule has 1 saturated heterocycles. The lowest BCUT2D eigenvalue weighted by molar-refractivity contribution is -0.0901. The smallest absolute Gasteiger partial charge is 0.0728 e. The molecule has 0 spiro atoms. The van der Waals surface area contributed by atoms with Crippen molar-refractivity contribution in [3.05, 3.63) is 0 Å². The van der Waals surface area contributed by atoms with Crippen LogP contribution >= 0.6 is 0 Å². The summed E-state index contributed by atoms with van der Waals surface area (Å²) in [4.78, 5) is 2.47. The van der Waals surface area contributed by atoms with Crippen molar-refractivity contribution in [2.24, 2.45) is 17.1 Å². The van der Waals surface area contributed by atoms with Crippen LogP contribution in [0.5, 0.6) is 0 Å². The Balaban J connectivity index is 2.12. The van der Waals surface area contributed by atoms with E-state index in [1.807, 2.05) is 0 Å². The predicted molar refractivity (Wildman–Crippen MR) is 80.0 cm³/mol. The Morgan fingerprint density at radius 3 is 2.58 bits per heavy atom. The van der Waals surface area contributed by atoms with Gasteiger partial charge < -0.3 is 15.7 Å². The van der Waals surface area contributed by atoms with Gasteiger partial charge in [-0.3, -0.25) is 0 Å². The second-order valence-corrected chi connectivity index (χ2v) is 6.82. The predicted octanol–water partition coefficient (Wildman–Crippen LogP) is 2.38. The minimum absolute atomic E-state index is 0.00255. The molecule has 19 heavy (non-hydrogen) atoms. The normalized spacial score (nSPS) is 41.4. The van der Waals surface area contributed by atoms with E-state index in [-0.39, 0.29) is 5.41 Å². The Hall–Kier alpha value is -0.120. The number of likely N-dealkylation sites (tertiary alicyclic amines) is 1. The fraction of sp³-hybridized carbons (Fsp3) is 1.00. The number of nitrogens with two attached hydrogens (primary N) is 1. The Labute approximate surface area is 118 Å². The van der Waals surface area contributed by atoms with Crippen LogP contribution in [0, 0.1) is 11.3 Å². The standard InChI is InChI=1S/C16H32N2O/c1-3-14-6-8-15(12-14,13-17)16(19)7-5-10-18(4-2)11-9-16/h14,19H,3-13,17H2,1-2H3. The molecule has 3 atom stereocenters. The van der Waals surface area contributed by atoms with Crippen LogP contribution in [0.3, 0.4) is 0 Å². The van der Waals surface area contributed by atoms with Gasteiger partial charge in [-0.05, 0) is 57.5 Å². The topological polar surface area (TPSA) is 49.5 Å². The maximum absolute atomic E-state index is 11.3. The van der Waals surface area contributed by atoms with Crippen molar-refractivity contribution in [3.8, 4) is 0 Å². The van der Waals surface area contributed by atoms with Crippen LogP contribution in [0.4, 0.5) is 0 Å². The summed E-state index contributed by atoms with van der Waals surface area (Å²) < 4.78 is 0. The van der Waals surface area contributed by atoms with E-state index < -0.39 is 5.60 Å². The van der Waals surface area contributed by atoms with E-state index in [0.29, 0.717) is 6.54 Å². The van der Waals surface area contributed by atoms with Crippen LogP contribution < -0.4 is 5.73 Å². The molecule has 0 amide bonds. The third-order valence-electron chi connectivity index (χ3n) is 6.02. The molecule has 0 bridgehead atoms. The van der Waals surface area contributed by atoms with E-state index >= 15 is 0 Å². The van der Waals surface area contributed by atoms with Gasteiger partial charge in [-0.2, -0.15) is 0 Å². The molecule has 0 aromatic carbocycles. The van der Waals surface area contributed by atoms with Crippen LogP contribution in [0.2, 0.25) is 0 Å². The van der Waals surface area contributed by atoms with Crippen molar-refractivity contribution in [3.63, 3.8) is 0 Å². The molecule has 1 aliphatic carbocycles. The Kier molecular flexibility index (Phi) is 4.91. The number of rotatable bonds is 4. The number of aliphatic hydroxyl groups is 1. The average molecular weight is 268 g/mol. The lowest BCUT2D eigenvalue weighted by Crippen LogP contribution is -2.52. The summed E-state index contributed by atoms with van der Waals surface area (Å²) in [7, 11) is 0. The van der Waals surface area contributed by atoms with Crippen molar-refractivity contribution in [1.82, 2.24) is 4.90 Å². The first-order chi connectivity index (χ1) is 9.09. The minimum Gasteiger partial charge on any atom is -0.389 e. The molecule has 0 aromatic rings. The lowest BCUT2D eigenvalue weighted by Gasteiger charge is -2.45. The van der Waals surface area contributed by atoms with Gasteiger partial charge >= 0.3 is 0 Å². The quantitative estimate of drug-likeness (QED) is 0.823. The molecule has 3 N–H and O–H groups in total. The molecular formula is C16H32N2O. The van der Waals surface area contributed by atoms with Crippen LogP contribution in [-0.2, 0) is 0 Å². The van der Waals surface area contributed by atoms with Gasteiger partial charge in [-0.25, -0.2) is 0 Å². The average Bonchev–Trinajstić information content (AvgIpc) is 2.78. The van der Waals surface area contributed by atoms with Gasteiger partial charge in [0.1, 0.15) is 0 Å². The Bertz CT molecular complexity index is 296. The van der Waals surface area contributed by atoms with Crippen molar-refractivity contribution < 1.29 is 5.11 Å². The SMILES string of the molecule is CCC1CCC(CN)(C2(O)CCCN(CC)CC2)C1. The van der Waals surface area contributed by atoms with Gasteiger partial charge in [0.2, 0.25) is 0 Å². The zero-order valence-electron chi connectivity index (χ0n) is 12.8. The molecule has 0 aromatic heterocycles. The molecule has 1 saturated carbocycles. The largest absolute Gasteiger partial charge is 0.389 e. The summed E-state index contributed by atoms with van der Waals surface area (Å²) in [5.74, 6) is 0.776. The Morgan fingerprint density at radius 1 is 1.21 bits per heavy atom. The summed E-state index contributed by atoms with van der Waals surface area (Å²) in [6.45, 7) is 8.41. The number of nitrogens with zero attached hydrogens (tertiary/aromatic N) is 1. The summed E-state index contributed by atoms with van der Waals surface area (Å²) >= 11 is 0. The number of hydrogen-bond donors (Lipinski definition) is 2. The van der Waals surface area contributed by atoms with Crippen LogP contribution in [0.25, 0.3) is 0 Å². The van der Waals surface area contributed by atoms with Crippen molar-refractivity contribution in [2.75, 3.05) is 26.2 Å². The van der Waals surface area contributed by atoms with E-state index in [4.69, 9.17) is 5.73 Å². The molecular weight excluding hydrogens is 236 g/mol.